The Morgan fingerprint density at radius 2 is 1.02 bits per heavy atom. The van der Waals surface area contributed by atoms with Gasteiger partial charge in [-0.2, -0.15) is 0 Å². The first-order valence-electron chi connectivity index (χ1n) is 13.5. The lowest BCUT2D eigenvalue weighted by Gasteiger charge is -2.26. The fourth-order valence-corrected chi connectivity index (χ4v) is 5.39. The first kappa shape index (κ1) is 30.9. The van der Waals surface area contributed by atoms with E-state index in [2.05, 4.69) is 39.8 Å². The Morgan fingerprint density at radius 3 is 1.43 bits per heavy atom. The third-order valence-electron chi connectivity index (χ3n) is 6.77. The van der Waals surface area contributed by atoms with Crippen molar-refractivity contribution in [1.82, 2.24) is 0 Å². The molecule has 0 amide bonds. The van der Waals surface area contributed by atoms with Crippen molar-refractivity contribution in [2.45, 2.75) is 62.3 Å². The highest BCUT2D eigenvalue weighted by atomic mass is 32.2. The average Bonchev–Trinajstić information content (AvgIpc) is 2.98. The monoisotopic (exact) mass is 560 g/mol. The van der Waals surface area contributed by atoms with Crippen LogP contribution in [-0.4, -0.2) is 22.6 Å². The van der Waals surface area contributed by atoms with E-state index in [1.165, 1.54) is 12.0 Å². The van der Waals surface area contributed by atoms with Crippen LogP contribution in [0.5, 0.6) is 17.2 Å². The van der Waals surface area contributed by atoms with Gasteiger partial charge in [-0.3, -0.25) is 0 Å². The fraction of sp³-hybridized carbons (Fsp3) is 0.294. The number of benzene rings is 4. The van der Waals surface area contributed by atoms with Crippen LogP contribution >= 0.6 is 0 Å². The first-order chi connectivity index (χ1) is 19.1. The van der Waals surface area contributed by atoms with Gasteiger partial charge in [-0.15, -0.1) is 0 Å². The summed E-state index contributed by atoms with van der Waals surface area (Å²) in [6.07, 6.45) is 1.15. The maximum atomic E-state index is 13.1. The number of rotatable bonds is 9. The summed E-state index contributed by atoms with van der Waals surface area (Å²) < 4.78 is 42.7. The van der Waals surface area contributed by atoms with Gasteiger partial charge in [0.2, 0.25) is 9.84 Å². The summed E-state index contributed by atoms with van der Waals surface area (Å²) in [4.78, 5) is 0.451. The molecule has 0 saturated carbocycles. The van der Waals surface area contributed by atoms with E-state index in [0.717, 1.165) is 16.9 Å². The smallest absolute Gasteiger partial charge is 0.206 e. The molecule has 0 aliphatic heterocycles. The molecule has 40 heavy (non-hydrogen) atoms. The van der Waals surface area contributed by atoms with Crippen molar-refractivity contribution in [2.75, 3.05) is 14.2 Å². The molecule has 5 nitrogen and oxygen atoms in total. The van der Waals surface area contributed by atoms with Crippen molar-refractivity contribution in [3.05, 3.63) is 114 Å². The van der Waals surface area contributed by atoms with Crippen LogP contribution in [0.1, 0.15) is 63.8 Å². The van der Waals surface area contributed by atoms with Gasteiger partial charge in [0, 0.05) is 12.5 Å². The van der Waals surface area contributed by atoms with E-state index < -0.39 is 9.84 Å². The minimum absolute atomic E-state index is 0.101. The van der Waals surface area contributed by atoms with Crippen LogP contribution in [0.4, 0.5) is 0 Å². The van der Waals surface area contributed by atoms with Crippen molar-refractivity contribution in [2.24, 2.45) is 0 Å². The van der Waals surface area contributed by atoms with E-state index >= 15 is 0 Å². The summed E-state index contributed by atoms with van der Waals surface area (Å²) in [6, 6.07) is 29.3. The first-order valence-corrected chi connectivity index (χ1v) is 15.0. The molecule has 0 aliphatic carbocycles. The van der Waals surface area contributed by atoms with Crippen LogP contribution < -0.4 is 9.47 Å². The Balaban J connectivity index is 0.00000141. The maximum absolute atomic E-state index is 13.1. The van der Waals surface area contributed by atoms with Gasteiger partial charge >= 0.3 is 0 Å². The van der Waals surface area contributed by atoms with Crippen molar-refractivity contribution in [3.8, 4) is 17.2 Å². The number of hydrogen-bond donors (Lipinski definition) is 0. The van der Waals surface area contributed by atoms with Gasteiger partial charge in [-0.25, -0.2) is 8.42 Å². The van der Waals surface area contributed by atoms with Crippen LogP contribution in [-0.2, 0) is 20.0 Å². The molecule has 0 aliphatic rings. The molecule has 0 radical (unpaired) electrons. The van der Waals surface area contributed by atoms with Gasteiger partial charge in [0.1, 0.15) is 17.2 Å². The molecule has 212 valence electrons. The van der Waals surface area contributed by atoms with E-state index in [4.69, 9.17) is 14.2 Å². The molecular formula is C34H40O5S. The number of methoxy groups -OCH3 is 2. The second kappa shape index (κ2) is 13.6. The second-order valence-electron chi connectivity index (χ2n) is 10.1. The lowest BCUT2D eigenvalue weighted by atomic mass is 9.78. The Kier molecular flexibility index (Phi) is 10.5. The summed E-state index contributed by atoms with van der Waals surface area (Å²) in [6.45, 7) is 10.5. The van der Waals surface area contributed by atoms with Crippen LogP contribution in [0.2, 0.25) is 0 Å². The maximum Gasteiger partial charge on any atom is 0.206 e. The van der Waals surface area contributed by atoms with Gasteiger partial charge < -0.3 is 14.2 Å². The number of ether oxygens (including phenoxy) is 3. The Labute approximate surface area is 239 Å². The largest absolute Gasteiger partial charge is 0.497 e. The number of sulfone groups is 1. The van der Waals surface area contributed by atoms with E-state index in [-0.39, 0.29) is 21.3 Å². The highest BCUT2D eigenvalue weighted by Gasteiger charge is 2.23. The summed E-state index contributed by atoms with van der Waals surface area (Å²) in [5.41, 5.74) is 3.06. The zero-order chi connectivity index (χ0) is 29.3. The third-order valence-corrected chi connectivity index (χ3v) is 8.56. The summed E-state index contributed by atoms with van der Waals surface area (Å²) in [7, 11) is -0.353. The molecule has 0 heterocycles. The van der Waals surface area contributed by atoms with Gasteiger partial charge in [-0.1, -0.05) is 70.5 Å². The Morgan fingerprint density at radius 1 is 0.650 bits per heavy atom. The quantitative estimate of drug-likeness (QED) is 0.205. The summed E-state index contributed by atoms with van der Waals surface area (Å²) >= 11 is 0. The standard InChI is InChI=1S/C31H32O5S.C3H8/c1-22(34-4)23-6-18-29(19-7-23)37(32,33)30-20-16-28(17-21-30)36-27-14-10-25(11-15-27)31(2,3)24-8-12-26(35-5)13-9-24;1-3-2/h6-22H,1-5H3;3H2,1-2H3. The molecule has 0 aromatic heterocycles. The van der Waals surface area contributed by atoms with E-state index in [0.29, 0.717) is 11.5 Å². The van der Waals surface area contributed by atoms with Crippen molar-refractivity contribution < 1.29 is 22.6 Å². The van der Waals surface area contributed by atoms with E-state index in [1.807, 2.05) is 43.3 Å². The zero-order valence-corrected chi connectivity index (χ0v) is 25.3. The lowest BCUT2D eigenvalue weighted by Crippen LogP contribution is -2.18. The van der Waals surface area contributed by atoms with Gasteiger partial charge in [0.15, 0.2) is 0 Å². The van der Waals surface area contributed by atoms with E-state index in [9.17, 15) is 8.42 Å². The van der Waals surface area contributed by atoms with Gasteiger partial charge in [-0.05, 0) is 84.3 Å². The van der Waals surface area contributed by atoms with Gasteiger partial charge in [0.25, 0.3) is 0 Å². The van der Waals surface area contributed by atoms with Gasteiger partial charge in [0.05, 0.1) is 23.0 Å². The van der Waals surface area contributed by atoms with Crippen LogP contribution in [0.15, 0.2) is 107 Å². The molecule has 0 spiro atoms. The summed E-state index contributed by atoms with van der Waals surface area (Å²) in [5, 5.41) is 0. The Hall–Kier alpha value is -3.61. The predicted molar refractivity (Wildman–Crippen MR) is 161 cm³/mol. The average molecular weight is 561 g/mol. The zero-order valence-electron chi connectivity index (χ0n) is 24.5. The van der Waals surface area contributed by atoms with Crippen molar-refractivity contribution in [1.29, 1.82) is 0 Å². The third kappa shape index (κ3) is 7.32. The predicted octanol–water partition coefficient (Wildman–Crippen LogP) is 8.77. The van der Waals surface area contributed by atoms with Crippen molar-refractivity contribution in [3.63, 3.8) is 0 Å². The highest BCUT2D eigenvalue weighted by molar-refractivity contribution is 7.91. The molecular weight excluding hydrogens is 520 g/mol. The Bertz CT molecular complexity index is 1440. The SMILES string of the molecule is CCC.COc1ccc(C(C)(C)c2ccc(Oc3ccc(S(=O)(=O)c4ccc(C(C)OC)cc4)cc3)cc2)cc1. The molecule has 4 rings (SSSR count). The molecule has 0 N–H and O–H groups in total. The molecule has 4 aromatic rings. The van der Waals surface area contributed by atoms with Crippen LogP contribution in [0, 0.1) is 0 Å². The number of hydrogen-bond acceptors (Lipinski definition) is 5. The van der Waals surface area contributed by atoms with Crippen LogP contribution in [0.25, 0.3) is 0 Å². The van der Waals surface area contributed by atoms with E-state index in [1.54, 1.807) is 62.8 Å². The normalized spacial score (nSPS) is 12.2. The minimum Gasteiger partial charge on any atom is -0.497 e. The summed E-state index contributed by atoms with van der Waals surface area (Å²) in [5.74, 6) is 2.06. The van der Waals surface area contributed by atoms with Crippen molar-refractivity contribution >= 4 is 9.84 Å². The highest BCUT2D eigenvalue weighted by Crippen LogP contribution is 2.34. The molecule has 0 fully saturated rings. The molecule has 4 aromatic carbocycles. The molecule has 1 unspecified atom stereocenters. The topological polar surface area (TPSA) is 61.8 Å². The molecule has 1 atom stereocenters. The molecule has 0 saturated heterocycles. The van der Waals surface area contributed by atoms with Crippen LogP contribution in [0.3, 0.4) is 0 Å². The fourth-order valence-electron chi connectivity index (χ4n) is 4.13. The molecule has 0 bridgehead atoms. The lowest BCUT2D eigenvalue weighted by molar-refractivity contribution is 0.119. The second-order valence-corrected chi connectivity index (χ2v) is 12.1. The minimum atomic E-state index is -3.63. The molecule has 6 heteroatoms.